The molecule has 1 aliphatic heterocycles. The van der Waals surface area contributed by atoms with Crippen molar-refractivity contribution < 1.29 is 14.3 Å². The number of aromatic amines is 1. The van der Waals surface area contributed by atoms with Crippen molar-refractivity contribution in [2.45, 2.75) is 18.8 Å². The van der Waals surface area contributed by atoms with E-state index in [1.165, 1.54) is 0 Å². The number of hydrogen-bond donors (Lipinski definition) is 2. The average Bonchev–Trinajstić information content (AvgIpc) is 3.50. The second-order valence-electron chi connectivity index (χ2n) is 8.49. The molecule has 0 bridgehead atoms. The Kier molecular flexibility index (Phi) is 6.29. The van der Waals surface area contributed by atoms with Crippen molar-refractivity contribution in [3.8, 4) is 5.75 Å². The standard InChI is InChI=1S/C28H27N3O3/c32-27(19-34-22-11-6-10-21(16-22)31-15-7-14-28(31)33)30-17-24(20-8-2-1-3-9-20)25-18-29-26-13-5-4-12-23(25)26/h1-6,8-13,16,18,24,29H,7,14-15,17,19H2,(H,30,32). The highest BCUT2D eigenvalue weighted by molar-refractivity contribution is 5.95. The molecule has 2 heterocycles. The smallest absolute Gasteiger partial charge is 0.257 e. The number of aromatic nitrogens is 1. The molecule has 3 aromatic carbocycles. The molecular formula is C28H27N3O3. The molecule has 6 nitrogen and oxygen atoms in total. The van der Waals surface area contributed by atoms with E-state index in [1.54, 1.807) is 11.0 Å². The molecule has 6 heteroatoms. The largest absolute Gasteiger partial charge is 0.484 e. The molecule has 1 unspecified atom stereocenters. The predicted octanol–water partition coefficient (Wildman–Crippen LogP) is 4.62. The van der Waals surface area contributed by atoms with E-state index in [2.05, 4.69) is 34.6 Å². The minimum atomic E-state index is -0.191. The van der Waals surface area contributed by atoms with Crippen molar-refractivity contribution >= 4 is 28.4 Å². The summed E-state index contributed by atoms with van der Waals surface area (Å²) < 4.78 is 5.75. The molecule has 0 spiro atoms. The highest BCUT2D eigenvalue weighted by Crippen LogP contribution is 2.30. The topological polar surface area (TPSA) is 74.4 Å². The van der Waals surface area contributed by atoms with E-state index >= 15 is 0 Å². The van der Waals surface area contributed by atoms with Gasteiger partial charge in [-0.3, -0.25) is 9.59 Å². The van der Waals surface area contributed by atoms with E-state index in [1.807, 2.05) is 54.7 Å². The van der Waals surface area contributed by atoms with E-state index in [0.717, 1.165) is 40.7 Å². The number of benzene rings is 3. The fraction of sp³-hybridized carbons (Fsp3) is 0.214. The van der Waals surface area contributed by atoms with E-state index in [9.17, 15) is 9.59 Å². The van der Waals surface area contributed by atoms with Crippen LogP contribution in [0.2, 0.25) is 0 Å². The normalized spacial score (nSPS) is 14.4. The molecule has 2 N–H and O–H groups in total. The summed E-state index contributed by atoms with van der Waals surface area (Å²) in [6, 6.07) is 25.7. The maximum Gasteiger partial charge on any atom is 0.257 e. The van der Waals surface area contributed by atoms with Crippen LogP contribution in [0.25, 0.3) is 10.9 Å². The molecule has 0 radical (unpaired) electrons. The van der Waals surface area contributed by atoms with Gasteiger partial charge in [0.1, 0.15) is 5.75 Å². The number of H-pyrrole nitrogens is 1. The highest BCUT2D eigenvalue weighted by atomic mass is 16.5. The molecule has 1 aromatic heterocycles. The fourth-order valence-electron chi connectivity index (χ4n) is 4.55. The van der Waals surface area contributed by atoms with Gasteiger partial charge in [0.2, 0.25) is 5.91 Å². The minimum Gasteiger partial charge on any atom is -0.484 e. The van der Waals surface area contributed by atoms with Gasteiger partial charge >= 0.3 is 0 Å². The maximum atomic E-state index is 12.7. The zero-order chi connectivity index (χ0) is 23.3. The number of rotatable bonds is 8. The second kappa shape index (κ2) is 9.83. The summed E-state index contributed by atoms with van der Waals surface area (Å²) in [5.41, 5.74) is 4.16. The van der Waals surface area contributed by atoms with Crippen LogP contribution in [0.4, 0.5) is 5.69 Å². The zero-order valence-corrected chi connectivity index (χ0v) is 18.9. The van der Waals surface area contributed by atoms with Crippen LogP contribution in [0, 0.1) is 0 Å². The molecule has 34 heavy (non-hydrogen) atoms. The van der Waals surface area contributed by atoms with E-state index in [4.69, 9.17) is 4.74 Å². The second-order valence-corrected chi connectivity index (χ2v) is 8.49. The summed E-state index contributed by atoms with van der Waals surface area (Å²) in [4.78, 5) is 29.8. The number of hydrogen-bond acceptors (Lipinski definition) is 3. The number of nitrogens with zero attached hydrogens (tertiary/aromatic N) is 1. The minimum absolute atomic E-state index is 0.00538. The fourth-order valence-corrected chi connectivity index (χ4v) is 4.55. The van der Waals surface area contributed by atoms with Gasteiger partial charge in [-0.15, -0.1) is 0 Å². The summed E-state index contributed by atoms with van der Waals surface area (Å²) >= 11 is 0. The van der Waals surface area contributed by atoms with Crippen LogP contribution in [-0.2, 0) is 9.59 Å². The Morgan fingerprint density at radius 1 is 1.03 bits per heavy atom. The molecule has 1 aliphatic rings. The third-order valence-corrected chi connectivity index (χ3v) is 6.27. The SMILES string of the molecule is O=C(COc1cccc(N2CCCC2=O)c1)NCC(c1ccccc1)c1c[nH]c2ccccc12. The first-order chi connectivity index (χ1) is 16.7. The van der Waals surface area contributed by atoms with Gasteiger partial charge in [0.05, 0.1) is 0 Å². The number of carbonyl (C=O) groups is 2. The van der Waals surface area contributed by atoms with Crippen molar-refractivity contribution in [2.75, 3.05) is 24.6 Å². The van der Waals surface area contributed by atoms with E-state index in [0.29, 0.717) is 18.7 Å². The van der Waals surface area contributed by atoms with Gasteiger partial charge in [-0.2, -0.15) is 0 Å². The van der Waals surface area contributed by atoms with Crippen molar-refractivity contribution in [1.82, 2.24) is 10.3 Å². The van der Waals surface area contributed by atoms with Gasteiger partial charge in [0.15, 0.2) is 6.61 Å². The molecule has 1 saturated heterocycles. The molecule has 172 valence electrons. The Bertz CT molecular complexity index is 1300. The van der Waals surface area contributed by atoms with Crippen molar-refractivity contribution in [3.05, 3.63) is 96.2 Å². The van der Waals surface area contributed by atoms with Gasteiger partial charge in [-0.05, 0) is 35.7 Å². The zero-order valence-electron chi connectivity index (χ0n) is 18.9. The lowest BCUT2D eigenvalue weighted by molar-refractivity contribution is -0.123. The van der Waals surface area contributed by atoms with Gasteiger partial charge in [-0.1, -0.05) is 54.6 Å². The number of anilines is 1. The molecule has 4 aromatic rings. The molecular weight excluding hydrogens is 426 g/mol. The van der Waals surface area contributed by atoms with Crippen molar-refractivity contribution in [3.63, 3.8) is 0 Å². The number of para-hydroxylation sites is 1. The van der Waals surface area contributed by atoms with Crippen molar-refractivity contribution in [2.24, 2.45) is 0 Å². The lowest BCUT2D eigenvalue weighted by atomic mass is 9.91. The van der Waals surface area contributed by atoms with Crippen LogP contribution in [-0.4, -0.2) is 36.5 Å². The van der Waals surface area contributed by atoms with Gasteiger partial charge in [0, 0.05) is 54.3 Å². The van der Waals surface area contributed by atoms with Crippen LogP contribution in [0.15, 0.2) is 85.1 Å². The summed E-state index contributed by atoms with van der Waals surface area (Å²) in [7, 11) is 0. The summed E-state index contributed by atoms with van der Waals surface area (Å²) in [5, 5.41) is 4.19. The van der Waals surface area contributed by atoms with E-state index < -0.39 is 0 Å². The highest BCUT2D eigenvalue weighted by Gasteiger charge is 2.22. The van der Waals surface area contributed by atoms with Crippen LogP contribution in [0.1, 0.15) is 29.9 Å². The quantitative estimate of drug-likeness (QED) is 0.409. The lowest BCUT2D eigenvalue weighted by Crippen LogP contribution is -2.32. The third kappa shape index (κ3) is 4.66. The van der Waals surface area contributed by atoms with Gasteiger partial charge < -0.3 is 19.9 Å². The Morgan fingerprint density at radius 3 is 2.68 bits per heavy atom. The number of carbonyl (C=O) groups excluding carboxylic acids is 2. The third-order valence-electron chi connectivity index (χ3n) is 6.27. The first-order valence-corrected chi connectivity index (χ1v) is 11.6. The Morgan fingerprint density at radius 2 is 1.85 bits per heavy atom. The van der Waals surface area contributed by atoms with Gasteiger partial charge in [0.25, 0.3) is 5.91 Å². The Labute approximate surface area is 198 Å². The van der Waals surface area contributed by atoms with Crippen LogP contribution in [0.3, 0.4) is 0 Å². The number of amides is 2. The van der Waals surface area contributed by atoms with Crippen molar-refractivity contribution in [1.29, 1.82) is 0 Å². The van der Waals surface area contributed by atoms with E-state index in [-0.39, 0.29) is 24.3 Å². The maximum absolute atomic E-state index is 12.7. The first kappa shape index (κ1) is 21.8. The molecule has 5 rings (SSSR count). The van der Waals surface area contributed by atoms with Gasteiger partial charge in [-0.25, -0.2) is 0 Å². The lowest BCUT2D eigenvalue weighted by Gasteiger charge is -2.19. The van der Waals surface area contributed by atoms with Crippen LogP contribution >= 0.6 is 0 Å². The Balaban J connectivity index is 1.25. The average molecular weight is 454 g/mol. The van der Waals surface area contributed by atoms with Crippen LogP contribution < -0.4 is 15.0 Å². The predicted molar refractivity (Wildman–Crippen MR) is 133 cm³/mol. The number of fused-ring (bicyclic) bond motifs is 1. The summed E-state index contributed by atoms with van der Waals surface area (Å²) in [6.07, 6.45) is 3.47. The number of ether oxygens (including phenoxy) is 1. The monoisotopic (exact) mass is 453 g/mol. The van der Waals surface area contributed by atoms with Crippen LogP contribution in [0.5, 0.6) is 5.75 Å². The molecule has 2 amide bonds. The first-order valence-electron chi connectivity index (χ1n) is 11.6. The summed E-state index contributed by atoms with van der Waals surface area (Å²) in [5.74, 6) is 0.511. The molecule has 0 saturated carbocycles. The molecule has 1 fully saturated rings. The Hall–Kier alpha value is -4.06. The summed E-state index contributed by atoms with van der Waals surface area (Å²) in [6.45, 7) is 1.08. The molecule has 1 atom stereocenters. The molecule has 0 aliphatic carbocycles. The number of nitrogens with one attached hydrogen (secondary N) is 2.